The molecule has 2 amide bonds. The van der Waals surface area contributed by atoms with Gasteiger partial charge in [0.05, 0.1) is 12.7 Å². The maximum absolute atomic E-state index is 13.2. The number of carbonyl (C=O) groups is 2. The quantitative estimate of drug-likeness (QED) is 0.310. The van der Waals surface area contributed by atoms with Crippen LogP contribution in [0.3, 0.4) is 0 Å². The third-order valence-corrected chi connectivity index (χ3v) is 9.63. The van der Waals surface area contributed by atoms with Crippen LogP contribution in [-0.4, -0.2) is 24.7 Å². The van der Waals surface area contributed by atoms with Crippen molar-refractivity contribution in [2.24, 2.45) is 0 Å². The van der Waals surface area contributed by atoms with Crippen molar-refractivity contribution >= 4 is 39.7 Å². The van der Waals surface area contributed by atoms with Crippen LogP contribution >= 0.6 is 22.7 Å². The van der Waals surface area contributed by atoms with E-state index in [1.807, 2.05) is 44.2 Å². The summed E-state index contributed by atoms with van der Waals surface area (Å²) in [5.41, 5.74) is 4.64. The molecule has 1 aromatic carbocycles. The summed E-state index contributed by atoms with van der Waals surface area (Å²) in [5, 5.41) is 6.69. The lowest BCUT2D eigenvalue weighted by Crippen LogP contribution is -2.30. The lowest BCUT2D eigenvalue weighted by Gasteiger charge is -2.21. The van der Waals surface area contributed by atoms with E-state index in [1.54, 1.807) is 7.11 Å². The molecule has 8 heteroatoms. The summed E-state index contributed by atoms with van der Waals surface area (Å²) in [6, 6.07) is 7.82. The van der Waals surface area contributed by atoms with Crippen LogP contribution in [0.2, 0.25) is 0 Å². The number of amides is 2. The lowest BCUT2D eigenvalue weighted by atomic mass is 9.93. The average molecular weight is 553 g/mol. The number of aryl methyl sites for hydroxylation is 2. The number of rotatable bonds is 6. The molecule has 0 spiro atoms. The maximum atomic E-state index is 13.2. The van der Waals surface area contributed by atoms with Gasteiger partial charge < -0.3 is 14.8 Å². The van der Waals surface area contributed by atoms with Gasteiger partial charge in [0.2, 0.25) is 0 Å². The highest BCUT2D eigenvalue weighted by atomic mass is 32.1. The molecule has 3 aromatic rings. The zero-order valence-corrected chi connectivity index (χ0v) is 24.3. The molecule has 6 nitrogen and oxygen atoms in total. The molecule has 0 aliphatic heterocycles. The van der Waals surface area contributed by atoms with Crippen LogP contribution in [0.4, 0.5) is 9.80 Å². The molecule has 0 radical (unpaired) electrons. The summed E-state index contributed by atoms with van der Waals surface area (Å²) in [5.74, 6) is 0.460. The standard InChI is InChI=1S/C30H36N2O4S2/c1-30(2,3)36-28(33)25-21-13-6-8-15-24(21)38-27(25)32-29(34)31-17-22-20-12-5-7-14-23(20)37-26(22)18-10-9-11-19(16-18)35-4/h9-11,16H,5-8,12-15,17H2,1-4H3,(H2,31,32,34). The highest BCUT2D eigenvalue weighted by Gasteiger charge is 2.30. The predicted octanol–water partition coefficient (Wildman–Crippen LogP) is 7.52. The highest BCUT2D eigenvalue weighted by molar-refractivity contribution is 7.17. The Balaban J connectivity index is 1.38. The predicted molar refractivity (Wildman–Crippen MR) is 155 cm³/mol. The second kappa shape index (κ2) is 11.1. The summed E-state index contributed by atoms with van der Waals surface area (Å²) in [4.78, 5) is 30.2. The van der Waals surface area contributed by atoms with Gasteiger partial charge in [-0.15, -0.1) is 22.7 Å². The zero-order valence-electron chi connectivity index (χ0n) is 22.6. The number of fused-ring (bicyclic) bond motifs is 2. The largest absolute Gasteiger partial charge is 0.497 e. The Labute approximate surface area is 232 Å². The van der Waals surface area contributed by atoms with Crippen molar-refractivity contribution in [3.63, 3.8) is 0 Å². The van der Waals surface area contributed by atoms with E-state index < -0.39 is 5.60 Å². The van der Waals surface area contributed by atoms with Crippen LogP contribution < -0.4 is 15.4 Å². The molecular formula is C30H36N2O4S2. The third kappa shape index (κ3) is 5.76. The molecule has 2 aliphatic rings. The van der Waals surface area contributed by atoms with Crippen LogP contribution in [-0.2, 0) is 37.0 Å². The molecule has 0 atom stereocenters. The summed E-state index contributed by atoms with van der Waals surface area (Å²) >= 11 is 3.34. The molecule has 0 unspecified atom stereocenters. The number of anilines is 1. The van der Waals surface area contributed by atoms with Gasteiger partial charge in [-0.05, 0) is 107 Å². The molecule has 2 heterocycles. The van der Waals surface area contributed by atoms with E-state index in [2.05, 4.69) is 22.8 Å². The Hall–Kier alpha value is -2.84. The van der Waals surface area contributed by atoms with Crippen molar-refractivity contribution in [1.82, 2.24) is 5.32 Å². The normalized spacial score (nSPS) is 14.8. The summed E-state index contributed by atoms with van der Waals surface area (Å²) in [6.07, 6.45) is 8.41. The number of carbonyl (C=O) groups excluding carboxylic acids is 2. The van der Waals surface area contributed by atoms with Crippen LogP contribution in [0.1, 0.15) is 83.3 Å². The molecule has 2 N–H and O–H groups in total. The van der Waals surface area contributed by atoms with E-state index in [1.165, 1.54) is 49.9 Å². The van der Waals surface area contributed by atoms with Crippen molar-refractivity contribution in [2.75, 3.05) is 12.4 Å². The van der Waals surface area contributed by atoms with Crippen LogP contribution in [0, 0.1) is 0 Å². The fraction of sp³-hybridized carbons (Fsp3) is 0.467. The minimum absolute atomic E-state index is 0.305. The van der Waals surface area contributed by atoms with E-state index in [0.29, 0.717) is 17.1 Å². The van der Waals surface area contributed by atoms with Gasteiger partial charge in [-0.25, -0.2) is 9.59 Å². The second-order valence-electron chi connectivity index (χ2n) is 11.0. The van der Waals surface area contributed by atoms with E-state index in [-0.39, 0.29) is 12.0 Å². The molecule has 0 saturated heterocycles. The van der Waals surface area contributed by atoms with Crippen molar-refractivity contribution in [3.8, 4) is 16.2 Å². The SMILES string of the molecule is COc1cccc(-c2sc3c(c2CNC(=O)Nc2sc4c(c2C(=O)OC(C)(C)C)CCCC4)CCCC3)c1. The Morgan fingerprint density at radius 2 is 1.63 bits per heavy atom. The molecule has 0 bridgehead atoms. The number of esters is 1. The van der Waals surface area contributed by atoms with E-state index in [9.17, 15) is 9.59 Å². The van der Waals surface area contributed by atoms with Crippen molar-refractivity contribution in [1.29, 1.82) is 0 Å². The smallest absolute Gasteiger partial charge is 0.341 e. The van der Waals surface area contributed by atoms with Gasteiger partial charge in [0.15, 0.2) is 0 Å². The van der Waals surface area contributed by atoms with Gasteiger partial charge in [0, 0.05) is 21.2 Å². The van der Waals surface area contributed by atoms with Crippen LogP contribution in [0.25, 0.3) is 10.4 Å². The van der Waals surface area contributed by atoms with Gasteiger partial charge in [0.1, 0.15) is 16.4 Å². The minimum Gasteiger partial charge on any atom is -0.497 e. The number of hydrogen-bond acceptors (Lipinski definition) is 6. The molecule has 38 heavy (non-hydrogen) atoms. The van der Waals surface area contributed by atoms with E-state index in [0.717, 1.165) is 55.4 Å². The molecule has 202 valence electrons. The molecular weight excluding hydrogens is 516 g/mol. The Morgan fingerprint density at radius 1 is 0.947 bits per heavy atom. The summed E-state index contributed by atoms with van der Waals surface area (Å²) in [6.45, 7) is 6.03. The molecule has 0 fully saturated rings. The maximum Gasteiger partial charge on any atom is 0.341 e. The first-order chi connectivity index (χ1) is 18.2. The van der Waals surface area contributed by atoms with E-state index in [4.69, 9.17) is 9.47 Å². The Morgan fingerprint density at radius 3 is 2.34 bits per heavy atom. The fourth-order valence-electron chi connectivity index (χ4n) is 5.33. The molecule has 0 saturated carbocycles. The molecule has 2 aromatic heterocycles. The number of methoxy groups -OCH3 is 1. The first-order valence-electron chi connectivity index (χ1n) is 13.4. The molecule has 5 rings (SSSR count). The number of urea groups is 1. The Bertz CT molecular complexity index is 1350. The first-order valence-corrected chi connectivity index (χ1v) is 15.1. The van der Waals surface area contributed by atoms with Crippen LogP contribution in [0.5, 0.6) is 5.75 Å². The number of hydrogen-bond donors (Lipinski definition) is 2. The zero-order chi connectivity index (χ0) is 26.9. The summed E-state index contributed by atoms with van der Waals surface area (Å²) < 4.78 is 11.2. The monoisotopic (exact) mass is 552 g/mol. The van der Waals surface area contributed by atoms with E-state index >= 15 is 0 Å². The Kier molecular flexibility index (Phi) is 7.82. The number of ether oxygens (including phenoxy) is 2. The highest BCUT2D eigenvalue weighted by Crippen LogP contribution is 2.42. The summed E-state index contributed by atoms with van der Waals surface area (Å²) in [7, 11) is 1.68. The lowest BCUT2D eigenvalue weighted by molar-refractivity contribution is 0.00699. The van der Waals surface area contributed by atoms with Crippen molar-refractivity contribution < 1.29 is 19.1 Å². The average Bonchev–Trinajstić information content (AvgIpc) is 3.44. The first kappa shape index (κ1) is 26.8. The third-order valence-electron chi connectivity index (χ3n) is 7.04. The van der Waals surface area contributed by atoms with Gasteiger partial charge in [0.25, 0.3) is 0 Å². The van der Waals surface area contributed by atoms with Gasteiger partial charge in [-0.1, -0.05) is 12.1 Å². The van der Waals surface area contributed by atoms with Gasteiger partial charge >= 0.3 is 12.0 Å². The minimum atomic E-state index is -0.603. The molecule has 2 aliphatic carbocycles. The number of nitrogens with one attached hydrogen (secondary N) is 2. The van der Waals surface area contributed by atoms with Crippen LogP contribution in [0.15, 0.2) is 24.3 Å². The number of thiophene rings is 2. The second-order valence-corrected chi connectivity index (χ2v) is 13.2. The topological polar surface area (TPSA) is 76.7 Å². The van der Waals surface area contributed by atoms with Gasteiger partial charge in [-0.3, -0.25) is 5.32 Å². The number of benzene rings is 1. The van der Waals surface area contributed by atoms with Gasteiger partial charge in [-0.2, -0.15) is 0 Å². The fourth-order valence-corrected chi connectivity index (χ4v) is 8.01. The van der Waals surface area contributed by atoms with Crippen molar-refractivity contribution in [3.05, 3.63) is 56.3 Å². The van der Waals surface area contributed by atoms with Crippen molar-refractivity contribution in [2.45, 2.75) is 84.3 Å².